The Bertz CT molecular complexity index is 1170. The largest absolute Gasteiger partial charge is 0.432 e. The first-order chi connectivity index (χ1) is 17.0. The van der Waals surface area contributed by atoms with Crippen LogP contribution in [-0.2, 0) is 12.5 Å². The van der Waals surface area contributed by atoms with Crippen molar-refractivity contribution in [2.75, 3.05) is 0 Å². The van der Waals surface area contributed by atoms with Crippen LogP contribution in [0.4, 0.5) is 26.3 Å². The van der Waals surface area contributed by atoms with Crippen molar-refractivity contribution < 1.29 is 31.1 Å². The van der Waals surface area contributed by atoms with Gasteiger partial charge in [0.25, 0.3) is 0 Å². The van der Waals surface area contributed by atoms with E-state index < -0.39 is 40.7 Å². The molecule has 0 spiro atoms. The molecule has 0 unspecified atom stereocenters. The second kappa shape index (κ2) is 10.6. The number of benzene rings is 3. The molecule has 3 aromatic carbocycles. The highest BCUT2D eigenvalue weighted by Crippen LogP contribution is 2.38. The summed E-state index contributed by atoms with van der Waals surface area (Å²) < 4.78 is 92.6. The first-order valence-electron chi connectivity index (χ1n) is 12.1. The molecule has 1 nitrogen and oxygen atoms in total. The number of aryl methyl sites for hydroxylation is 1. The summed E-state index contributed by atoms with van der Waals surface area (Å²) in [6.45, 7) is 4.02. The predicted molar refractivity (Wildman–Crippen MR) is 127 cm³/mol. The van der Waals surface area contributed by atoms with E-state index in [0.717, 1.165) is 43.4 Å². The smallest absolute Gasteiger partial charge is 0.429 e. The molecule has 0 bridgehead atoms. The molecule has 1 saturated carbocycles. The van der Waals surface area contributed by atoms with E-state index in [0.29, 0.717) is 36.0 Å². The zero-order valence-corrected chi connectivity index (χ0v) is 20.2. The number of hydrogen-bond donors (Lipinski definition) is 0. The highest BCUT2D eigenvalue weighted by atomic mass is 19.3. The third kappa shape index (κ3) is 5.88. The van der Waals surface area contributed by atoms with Crippen LogP contribution in [0.25, 0.3) is 11.1 Å². The Morgan fingerprint density at radius 1 is 0.778 bits per heavy atom. The van der Waals surface area contributed by atoms with Gasteiger partial charge in [-0.15, -0.1) is 0 Å². The summed E-state index contributed by atoms with van der Waals surface area (Å²) in [6.07, 6.45) is 0.388. The minimum atomic E-state index is -4.50. The molecule has 192 valence electrons. The van der Waals surface area contributed by atoms with Gasteiger partial charge in [0.1, 0.15) is 34.6 Å². The van der Waals surface area contributed by atoms with Crippen molar-refractivity contribution in [2.45, 2.75) is 58.5 Å². The van der Waals surface area contributed by atoms with Gasteiger partial charge in [0.2, 0.25) is 0 Å². The fourth-order valence-corrected chi connectivity index (χ4v) is 4.81. The minimum Gasteiger partial charge on any atom is -0.429 e. The van der Waals surface area contributed by atoms with Crippen molar-refractivity contribution in [2.24, 2.45) is 11.8 Å². The number of halogens is 6. The van der Waals surface area contributed by atoms with Gasteiger partial charge in [-0.3, -0.25) is 0 Å². The lowest BCUT2D eigenvalue weighted by molar-refractivity contribution is -0.189. The molecule has 0 aromatic heterocycles. The Hall–Kier alpha value is -2.96. The maximum Gasteiger partial charge on any atom is 0.432 e. The number of ether oxygens (including phenoxy) is 1. The summed E-state index contributed by atoms with van der Waals surface area (Å²) in [5, 5.41) is 0. The standard InChI is InChI=1S/C29H28F6O/c1-17-3-7-19(8-4-17)9-12-23-24(30)15-22(16-25(23)31)36-29(34,35)28-26(32)13-21(14-27(28)33)20-10-5-18(2)6-11-20/h5-6,10-11,13-17,19H,3-4,7-9,12H2,1-2H3. The summed E-state index contributed by atoms with van der Waals surface area (Å²) in [4.78, 5) is 0. The highest BCUT2D eigenvalue weighted by Gasteiger charge is 2.41. The predicted octanol–water partition coefficient (Wildman–Crippen LogP) is 9.11. The molecule has 0 aliphatic heterocycles. The van der Waals surface area contributed by atoms with Crippen LogP contribution in [0, 0.1) is 42.0 Å². The van der Waals surface area contributed by atoms with Gasteiger partial charge in [-0.1, -0.05) is 62.4 Å². The molecule has 0 radical (unpaired) electrons. The van der Waals surface area contributed by atoms with Crippen LogP contribution < -0.4 is 4.74 Å². The first kappa shape index (κ1) is 26.1. The second-order valence-electron chi connectivity index (χ2n) is 9.83. The van der Waals surface area contributed by atoms with Gasteiger partial charge in [-0.2, -0.15) is 8.78 Å². The van der Waals surface area contributed by atoms with Gasteiger partial charge in [0, 0.05) is 17.7 Å². The molecule has 0 N–H and O–H groups in total. The lowest BCUT2D eigenvalue weighted by Crippen LogP contribution is -2.25. The van der Waals surface area contributed by atoms with Gasteiger partial charge < -0.3 is 4.74 Å². The Balaban J connectivity index is 1.51. The van der Waals surface area contributed by atoms with E-state index in [1.54, 1.807) is 24.3 Å². The van der Waals surface area contributed by atoms with Gasteiger partial charge >= 0.3 is 6.11 Å². The fraction of sp³-hybridized carbons (Fsp3) is 0.379. The fourth-order valence-electron chi connectivity index (χ4n) is 4.81. The normalized spacial score (nSPS) is 18.3. The summed E-state index contributed by atoms with van der Waals surface area (Å²) >= 11 is 0. The van der Waals surface area contributed by atoms with Crippen molar-refractivity contribution in [1.82, 2.24) is 0 Å². The van der Waals surface area contributed by atoms with Crippen molar-refractivity contribution in [3.63, 3.8) is 0 Å². The van der Waals surface area contributed by atoms with E-state index in [9.17, 15) is 26.3 Å². The number of hydrogen-bond acceptors (Lipinski definition) is 1. The topological polar surface area (TPSA) is 9.23 Å². The third-order valence-electron chi connectivity index (χ3n) is 7.02. The van der Waals surface area contributed by atoms with Gasteiger partial charge in [-0.25, -0.2) is 17.6 Å². The van der Waals surface area contributed by atoms with Crippen molar-refractivity contribution in [1.29, 1.82) is 0 Å². The number of alkyl halides is 2. The molecule has 0 heterocycles. The minimum absolute atomic E-state index is 0.0680. The second-order valence-corrected chi connectivity index (χ2v) is 9.83. The van der Waals surface area contributed by atoms with Crippen LogP contribution in [0.1, 0.15) is 55.7 Å². The van der Waals surface area contributed by atoms with E-state index >= 15 is 0 Å². The Morgan fingerprint density at radius 3 is 1.89 bits per heavy atom. The molecule has 3 aromatic rings. The van der Waals surface area contributed by atoms with Crippen LogP contribution in [-0.4, -0.2) is 0 Å². The zero-order valence-electron chi connectivity index (χ0n) is 20.2. The van der Waals surface area contributed by atoms with Crippen molar-refractivity contribution in [3.8, 4) is 16.9 Å². The van der Waals surface area contributed by atoms with Crippen LogP contribution in [0.2, 0.25) is 0 Å². The van der Waals surface area contributed by atoms with Crippen LogP contribution in [0.15, 0.2) is 48.5 Å². The molecular formula is C29H28F6O. The van der Waals surface area contributed by atoms with Crippen LogP contribution in [0.5, 0.6) is 5.75 Å². The summed E-state index contributed by atoms with van der Waals surface area (Å²) in [6, 6.07) is 9.47. The molecule has 0 amide bonds. The van der Waals surface area contributed by atoms with Gasteiger partial charge in [0.05, 0.1) is 0 Å². The molecule has 7 heteroatoms. The van der Waals surface area contributed by atoms with E-state index in [4.69, 9.17) is 0 Å². The lowest BCUT2D eigenvalue weighted by atomic mass is 9.80. The van der Waals surface area contributed by atoms with E-state index in [1.165, 1.54) is 0 Å². The average Bonchev–Trinajstić information content (AvgIpc) is 2.79. The molecule has 1 fully saturated rings. The third-order valence-corrected chi connectivity index (χ3v) is 7.02. The highest BCUT2D eigenvalue weighted by molar-refractivity contribution is 5.64. The molecule has 0 saturated heterocycles. The van der Waals surface area contributed by atoms with E-state index in [2.05, 4.69) is 11.7 Å². The summed E-state index contributed by atoms with van der Waals surface area (Å²) in [7, 11) is 0. The van der Waals surface area contributed by atoms with Gasteiger partial charge in [0.15, 0.2) is 0 Å². The van der Waals surface area contributed by atoms with E-state index in [-0.39, 0.29) is 17.5 Å². The Labute approximate surface area is 207 Å². The van der Waals surface area contributed by atoms with Crippen molar-refractivity contribution in [3.05, 3.63) is 88.5 Å². The molecular weight excluding hydrogens is 478 g/mol. The Kier molecular flexibility index (Phi) is 7.67. The Morgan fingerprint density at radius 2 is 1.33 bits per heavy atom. The maximum atomic E-state index is 14.8. The van der Waals surface area contributed by atoms with Crippen LogP contribution in [0.3, 0.4) is 0 Å². The molecule has 1 aliphatic carbocycles. The summed E-state index contributed by atoms with van der Waals surface area (Å²) in [5.41, 5.74) is -0.403. The molecule has 36 heavy (non-hydrogen) atoms. The quantitative estimate of drug-likeness (QED) is 0.290. The van der Waals surface area contributed by atoms with E-state index in [1.807, 2.05) is 6.92 Å². The average molecular weight is 507 g/mol. The monoisotopic (exact) mass is 506 g/mol. The summed E-state index contributed by atoms with van der Waals surface area (Å²) in [5.74, 6) is -4.95. The first-order valence-corrected chi connectivity index (χ1v) is 12.1. The van der Waals surface area contributed by atoms with Gasteiger partial charge in [-0.05, 0) is 54.9 Å². The SMILES string of the molecule is Cc1ccc(-c2cc(F)c(C(F)(F)Oc3cc(F)c(CCC4CCC(C)CC4)c(F)c3)c(F)c2)cc1. The maximum absolute atomic E-state index is 14.8. The number of rotatable bonds is 7. The zero-order chi connectivity index (χ0) is 26.0. The van der Waals surface area contributed by atoms with Crippen molar-refractivity contribution >= 4 is 0 Å². The van der Waals surface area contributed by atoms with Crippen LogP contribution >= 0.6 is 0 Å². The molecule has 4 rings (SSSR count). The molecule has 0 atom stereocenters. The molecule has 1 aliphatic rings. The lowest BCUT2D eigenvalue weighted by Gasteiger charge is -2.26.